The predicted octanol–water partition coefficient (Wildman–Crippen LogP) is -0.626. The van der Waals surface area contributed by atoms with Crippen molar-refractivity contribution in [1.82, 2.24) is 9.55 Å². The number of aromatic nitrogens is 2. The molecule has 0 aliphatic heterocycles. The van der Waals surface area contributed by atoms with Gasteiger partial charge < -0.3 is 5.73 Å². The number of hydrogen-bond donors (Lipinski definition) is 2. The Labute approximate surface area is 86.9 Å². The van der Waals surface area contributed by atoms with Crippen molar-refractivity contribution in [2.24, 2.45) is 5.73 Å². The molecule has 2 rings (SSSR count). The van der Waals surface area contributed by atoms with Crippen LogP contribution in [0, 0.1) is 0 Å². The first-order valence-electron chi connectivity index (χ1n) is 5.29. The fourth-order valence-electron chi connectivity index (χ4n) is 2.16. The highest BCUT2D eigenvalue weighted by Gasteiger charge is 2.17. The van der Waals surface area contributed by atoms with E-state index in [-0.39, 0.29) is 11.2 Å². The minimum atomic E-state index is -0.328. The number of rotatable bonds is 2. The number of nitrogens with zero attached hydrogens (tertiary/aromatic N) is 1. The van der Waals surface area contributed by atoms with E-state index in [1.165, 1.54) is 0 Å². The van der Waals surface area contributed by atoms with Crippen molar-refractivity contribution in [2.75, 3.05) is 6.54 Å². The molecule has 3 N–H and O–H groups in total. The van der Waals surface area contributed by atoms with Gasteiger partial charge in [-0.05, 0) is 25.7 Å². The van der Waals surface area contributed by atoms with Crippen LogP contribution in [0.4, 0.5) is 0 Å². The van der Waals surface area contributed by atoms with Crippen molar-refractivity contribution in [2.45, 2.75) is 32.2 Å². The SMILES string of the molecule is NCCn1c2c(c(=O)[nH]c1=O)CCCC2. The zero-order valence-electron chi connectivity index (χ0n) is 8.58. The van der Waals surface area contributed by atoms with E-state index in [1.54, 1.807) is 4.57 Å². The average molecular weight is 209 g/mol. The summed E-state index contributed by atoms with van der Waals surface area (Å²) in [6, 6.07) is 0. The van der Waals surface area contributed by atoms with Gasteiger partial charge in [0.1, 0.15) is 0 Å². The van der Waals surface area contributed by atoms with Gasteiger partial charge in [0.15, 0.2) is 0 Å². The van der Waals surface area contributed by atoms with E-state index in [0.717, 1.165) is 36.9 Å². The highest BCUT2D eigenvalue weighted by atomic mass is 16.2. The molecule has 0 saturated carbocycles. The van der Waals surface area contributed by atoms with Gasteiger partial charge in [-0.15, -0.1) is 0 Å². The highest BCUT2D eigenvalue weighted by molar-refractivity contribution is 5.20. The molecule has 0 bridgehead atoms. The molecule has 5 nitrogen and oxygen atoms in total. The van der Waals surface area contributed by atoms with Crippen LogP contribution in [-0.2, 0) is 19.4 Å². The van der Waals surface area contributed by atoms with E-state index < -0.39 is 0 Å². The Morgan fingerprint density at radius 1 is 1.27 bits per heavy atom. The molecular weight excluding hydrogens is 194 g/mol. The van der Waals surface area contributed by atoms with Crippen LogP contribution in [0.1, 0.15) is 24.1 Å². The number of aromatic amines is 1. The molecule has 0 saturated heterocycles. The summed E-state index contributed by atoms with van der Waals surface area (Å²) in [7, 11) is 0. The Bertz CT molecular complexity index is 473. The van der Waals surface area contributed by atoms with Gasteiger partial charge >= 0.3 is 5.69 Å². The first kappa shape index (κ1) is 10.2. The average Bonchev–Trinajstić information content (AvgIpc) is 2.24. The Kier molecular flexibility index (Phi) is 2.73. The number of hydrogen-bond acceptors (Lipinski definition) is 3. The summed E-state index contributed by atoms with van der Waals surface area (Å²) in [5.41, 5.74) is 6.56. The molecule has 0 aromatic carbocycles. The quantitative estimate of drug-likeness (QED) is 0.680. The summed E-state index contributed by atoms with van der Waals surface area (Å²) < 4.78 is 1.61. The van der Waals surface area contributed by atoms with Crippen molar-refractivity contribution >= 4 is 0 Å². The molecule has 0 amide bonds. The lowest BCUT2D eigenvalue weighted by atomic mass is 9.97. The normalized spacial score (nSPS) is 15.0. The van der Waals surface area contributed by atoms with Crippen LogP contribution < -0.4 is 17.0 Å². The maximum atomic E-state index is 11.6. The van der Waals surface area contributed by atoms with Crippen molar-refractivity contribution in [3.8, 4) is 0 Å². The zero-order valence-corrected chi connectivity index (χ0v) is 8.58. The van der Waals surface area contributed by atoms with Crippen LogP contribution in [0.2, 0.25) is 0 Å². The lowest BCUT2D eigenvalue weighted by Gasteiger charge is -2.19. The van der Waals surface area contributed by atoms with Gasteiger partial charge in [-0.3, -0.25) is 14.3 Å². The molecule has 1 aromatic rings. The van der Waals surface area contributed by atoms with Crippen LogP contribution in [0.25, 0.3) is 0 Å². The molecule has 5 heteroatoms. The van der Waals surface area contributed by atoms with E-state index in [0.29, 0.717) is 13.1 Å². The van der Waals surface area contributed by atoms with Gasteiger partial charge in [0.25, 0.3) is 5.56 Å². The van der Waals surface area contributed by atoms with Crippen LogP contribution >= 0.6 is 0 Å². The molecule has 0 atom stereocenters. The first-order valence-corrected chi connectivity index (χ1v) is 5.29. The second-order valence-corrected chi connectivity index (χ2v) is 3.83. The molecule has 0 unspecified atom stereocenters. The summed E-state index contributed by atoms with van der Waals surface area (Å²) in [5, 5.41) is 0. The molecule has 0 radical (unpaired) electrons. The lowest BCUT2D eigenvalue weighted by Crippen LogP contribution is -2.38. The molecule has 0 spiro atoms. The predicted molar refractivity (Wildman–Crippen MR) is 57.0 cm³/mol. The minimum Gasteiger partial charge on any atom is -0.329 e. The Hall–Kier alpha value is -1.36. The number of H-pyrrole nitrogens is 1. The first-order chi connectivity index (χ1) is 7.24. The van der Waals surface area contributed by atoms with Crippen molar-refractivity contribution in [3.05, 3.63) is 32.1 Å². The highest BCUT2D eigenvalue weighted by Crippen LogP contribution is 2.15. The van der Waals surface area contributed by atoms with Crippen molar-refractivity contribution in [1.29, 1.82) is 0 Å². The molecular formula is C10H15N3O2. The van der Waals surface area contributed by atoms with Gasteiger partial charge in [-0.25, -0.2) is 4.79 Å². The van der Waals surface area contributed by atoms with Gasteiger partial charge in [-0.2, -0.15) is 0 Å². The number of fused-ring (bicyclic) bond motifs is 1. The van der Waals surface area contributed by atoms with Crippen LogP contribution in [0.3, 0.4) is 0 Å². The van der Waals surface area contributed by atoms with Crippen LogP contribution in [-0.4, -0.2) is 16.1 Å². The molecule has 1 aliphatic carbocycles. The number of nitrogens with one attached hydrogen (secondary N) is 1. The van der Waals surface area contributed by atoms with E-state index in [9.17, 15) is 9.59 Å². The maximum Gasteiger partial charge on any atom is 0.328 e. The van der Waals surface area contributed by atoms with Gasteiger partial charge in [-0.1, -0.05) is 0 Å². The van der Waals surface area contributed by atoms with Crippen molar-refractivity contribution < 1.29 is 0 Å². The Morgan fingerprint density at radius 3 is 2.73 bits per heavy atom. The minimum absolute atomic E-state index is 0.219. The third kappa shape index (κ3) is 1.74. The molecule has 15 heavy (non-hydrogen) atoms. The monoisotopic (exact) mass is 209 g/mol. The second-order valence-electron chi connectivity index (χ2n) is 3.83. The van der Waals surface area contributed by atoms with Crippen LogP contribution in [0.5, 0.6) is 0 Å². The fourth-order valence-corrected chi connectivity index (χ4v) is 2.16. The van der Waals surface area contributed by atoms with E-state index in [4.69, 9.17) is 5.73 Å². The van der Waals surface area contributed by atoms with E-state index in [2.05, 4.69) is 4.98 Å². The maximum absolute atomic E-state index is 11.6. The third-order valence-electron chi connectivity index (χ3n) is 2.86. The smallest absolute Gasteiger partial charge is 0.328 e. The van der Waals surface area contributed by atoms with Gasteiger partial charge in [0.05, 0.1) is 0 Å². The zero-order chi connectivity index (χ0) is 10.8. The van der Waals surface area contributed by atoms with E-state index >= 15 is 0 Å². The largest absolute Gasteiger partial charge is 0.329 e. The molecule has 1 aromatic heterocycles. The van der Waals surface area contributed by atoms with Gasteiger partial charge in [0, 0.05) is 24.3 Å². The fraction of sp³-hybridized carbons (Fsp3) is 0.600. The molecule has 0 fully saturated rings. The topological polar surface area (TPSA) is 80.9 Å². The van der Waals surface area contributed by atoms with Crippen molar-refractivity contribution in [3.63, 3.8) is 0 Å². The molecule has 82 valence electrons. The Morgan fingerprint density at radius 2 is 2.00 bits per heavy atom. The Balaban J connectivity index is 2.63. The van der Waals surface area contributed by atoms with E-state index in [1.807, 2.05) is 0 Å². The summed E-state index contributed by atoms with van der Waals surface area (Å²) in [6.07, 6.45) is 3.65. The van der Waals surface area contributed by atoms with Gasteiger partial charge in [0.2, 0.25) is 0 Å². The molecule has 1 aliphatic rings. The molecule has 1 heterocycles. The standard InChI is InChI=1S/C10H15N3O2/c11-5-6-13-8-4-2-1-3-7(8)9(14)12-10(13)15/h1-6,11H2,(H,12,14,15). The summed E-state index contributed by atoms with van der Waals surface area (Å²) in [4.78, 5) is 25.4. The second kappa shape index (κ2) is 4.02. The summed E-state index contributed by atoms with van der Waals surface area (Å²) in [5.74, 6) is 0. The third-order valence-corrected chi connectivity index (χ3v) is 2.86. The van der Waals surface area contributed by atoms with Crippen LogP contribution in [0.15, 0.2) is 9.59 Å². The number of nitrogens with two attached hydrogens (primary N) is 1. The summed E-state index contributed by atoms with van der Waals surface area (Å²) >= 11 is 0. The summed E-state index contributed by atoms with van der Waals surface area (Å²) in [6.45, 7) is 0.899. The lowest BCUT2D eigenvalue weighted by molar-refractivity contribution is 0.557.